The van der Waals surface area contributed by atoms with Crippen molar-refractivity contribution in [2.24, 2.45) is 0 Å². The maximum absolute atomic E-state index is 8.92. The molecule has 1 atom stereocenters. The predicted octanol–water partition coefficient (Wildman–Crippen LogP) is 3.69. The lowest BCUT2D eigenvalue weighted by atomic mass is 9.86. The number of hydrogen-bond donors (Lipinski definition) is 1. The minimum atomic E-state index is 0.0651. The summed E-state index contributed by atoms with van der Waals surface area (Å²) in [4.78, 5) is 0. The van der Waals surface area contributed by atoms with E-state index in [1.807, 2.05) is 12.1 Å². The molecule has 0 bridgehead atoms. The van der Waals surface area contributed by atoms with Crippen LogP contribution < -0.4 is 5.32 Å². The van der Waals surface area contributed by atoms with Crippen LogP contribution in [-0.4, -0.2) is 18.2 Å². The number of rotatable bonds is 5. The maximum Gasteiger partial charge on any atom is 0.0991 e. The topological polar surface area (TPSA) is 45.0 Å². The van der Waals surface area contributed by atoms with Crippen LogP contribution in [0.1, 0.15) is 56.2 Å². The maximum atomic E-state index is 8.92. The zero-order chi connectivity index (χ0) is 15.3. The highest BCUT2D eigenvalue weighted by atomic mass is 16.5. The second-order valence-corrected chi connectivity index (χ2v) is 6.06. The van der Waals surface area contributed by atoms with Crippen molar-refractivity contribution in [1.29, 1.82) is 5.26 Å². The summed E-state index contributed by atoms with van der Waals surface area (Å²) in [7, 11) is 0. The van der Waals surface area contributed by atoms with Crippen LogP contribution in [0.25, 0.3) is 0 Å². The summed E-state index contributed by atoms with van der Waals surface area (Å²) in [6, 6.07) is 8.63. The molecule has 0 radical (unpaired) electrons. The predicted molar refractivity (Wildman–Crippen MR) is 85.0 cm³/mol. The third kappa shape index (κ3) is 3.84. The Labute approximate surface area is 128 Å². The molecule has 0 amide bonds. The molecule has 1 saturated heterocycles. The van der Waals surface area contributed by atoms with Gasteiger partial charge in [-0.2, -0.15) is 5.26 Å². The van der Waals surface area contributed by atoms with Crippen LogP contribution in [0.3, 0.4) is 0 Å². The van der Waals surface area contributed by atoms with Crippen molar-refractivity contribution in [3.8, 4) is 6.07 Å². The minimum Gasteiger partial charge on any atom is -0.375 e. The highest BCUT2D eigenvalue weighted by Crippen LogP contribution is 2.31. The monoisotopic (exact) mass is 286 g/mol. The highest BCUT2D eigenvalue weighted by molar-refractivity contribution is 5.37. The van der Waals surface area contributed by atoms with Gasteiger partial charge in [0.15, 0.2) is 0 Å². The summed E-state index contributed by atoms with van der Waals surface area (Å²) in [5.74, 6) is 0. The van der Waals surface area contributed by atoms with Crippen LogP contribution in [0.4, 0.5) is 0 Å². The largest absolute Gasteiger partial charge is 0.375 e. The lowest BCUT2D eigenvalue weighted by molar-refractivity contribution is -0.0932. The van der Waals surface area contributed by atoms with Crippen molar-refractivity contribution in [2.75, 3.05) is 6.61 Å². The molecule has 0 aromatic heterocycles. The quantitative estimate of drug-likeness (QED) is 0.897. The van der Waals surface area contributed by atoms with Crippen molar-refractivity contribution in [3.63, 3.8) is 0 Å². The third-order valence-electron chi connectivity index (χ3n) is 4.83. The van der Waals surface area contributed by atoms with E-state index < -0.39 is 0 Å². The van der Waals surface area contributed by atoms with Gasteiger partial charge in [-0.3, -0.25) is 0 Å². The van der Waals surface area contributed by atoms with Crippen LogP contribution in [0.5, 0.6) is 0 Å². The Balaban J connectivity index is 1.95. The number of ether oxygens (including phenoxy) is 1. The fourth-order valence-electron chi connectivity index (χ4n) is 3.16. The van der Waals surface area contributed by atoms with Gasteiger partial charge < -0.3 is 10.1 Å². The summed E-state index contributed by atoms with van der Waals surface area (Å²) in [5.41, 5.74) is 3.26. The number of nitrogens with zero attached hydrogens (tertiary/aromatic N) is 1. The number of aryl methyl sites for hydroxylation is 1. The van der Waals surface area contributed by atoms with E-state index in [9.17, 15) is 0 Å². The average Bonchev–Trinajstić information content (AvgIpc) is 2.53. The van der Waals surface area contributed by atoms with E-state index in [4.69, 9.17) is 10.00 Å². The van der Waals surface area contributed by atoms with Gasteiger partial charge in [0.25, 0.3) is 0 Å². The smallest absolute Gasteiger partial charge is 0.0991 e. The molecule has 0 spiro atoms. The van der Waals surface area contributed by atoms with E-state index >= 15 is 0 Å². The van der Waals surface area contributed by atoms with Crippen LogP contribution in [0.2, 0.25) is 0 Å². The normalized spacial score (nSPS) is 21.0. The molecule has 1 aromatic carbocycles. The number of nitriles is 1. The molecule has 3 heteroatoms. The van der Waals surface area contributed by atoms with Gasteiger partial charge in [0.2, 0.25) is 0 Å². The molecule has 0 saturated carbocycles. The summed E-state index contributed by atoms with van der Waals surface area (Å²) < 4.78 is 6.02. The van der Waals surface area contributed by atoms with Crippen molar-refractivity contribution in [1.82, 2.24) is 5.32 Å². The summed E-state index contributed by atoms with van der Waals surface area (Å²) in [5, 5.41) is 12.6. The van der Waals surface area contributed by atoms with E-state index in [0.717, 1.165) is 44.4 Å². The summed E-state index contributed by atoms with van der Waals surface area (Å²) in [6.45, 7) is 8.23. The van der Waals surface area contributed by atoms with Crippen LogP contribution in [0, 0.1) is 18.3 Å². The lowest BCUT2D eigenvalue weighted by Gasteiger charge is -2.40. The first kappa shape index (κ1) is 16.0. The van der Waals surface area contributed by atoms with E-state index in [1.54, 1.807) is 0 Å². The summed E-state index contributed by atoms with van der Waals surface area (Å²) in [6.07, 6.45) is 4.33. The van der Waals surface area contributed by atoms with Gasteiger partial charge in [-0.05, 0) is 55.9 Å². The van der Waals surface area contributed by atoms with Crippen molar-refractivity contribution < 1.29 is 4.74 Å². The van der Waals surface area contributed by atoms with E-state index in [-0.39, 0.29) is 5.60 Å². The van der Waals surface area contributed by atoms with Gasteiger partial charge in [0.1, 0.15) is 0 Å². The first-order chi connectivity index (χ1) is 10.1. The molecule has 114 valence electrons. The second kappa shape index (κ2) is 7.06. The number of benzene rings is 1. The van der Waals surface area contributed by atoms with Gasteiger partial charge >= 0.3 is 0 Å². The standard InChI is InChI=1S/C18H26N2O/c1-4-18(5-2)11-17(8-9-21-18)20-13-16-7-6-15(12-19)10-14(16)3/h6-7,10,17,20H,4-5,8-9,11,13H2,1-3H3. The van der Waals surface area contributed by atoms with Crippen molar-refractivity contribution in [2.45, 2.75) is 64.6 Å². The van der Waals surface area contributed by atoms with E-state index in [2.05, 4.69) is 38.2 Å². The fraction of sp³-hybridized carbons (Fsp3) is 0.611. The average molecular weight is 286 g/mol. The van der Waals surface area contributed by atoms with Crippen molar-refractivity contribution >= 4 is 0 Å². The Morgan fingerprint density at radius 1 is 1.38 bits per heavy atom. The Kier molecular flexibility index (Phi) is 5.39. The van der Waals surface area contributed by atoms with Crippen molar-refractivity contribution in [3.05, 3.63) is 34.9 Å². The Morgan fingerprint density at radius 3 is 2.76 bits per heavy atom. The zero-order valence-corrected chi connectivity index (χ0v) is 13.4. The van der Waals surface area contributed by atoms with Gasteiger partial charge in [0, 0.05) is 19.2 Å². The Morgan fingerprint density at radius 2 is 2.14 bits per heavy atom. The Hall–Kier alpha value is -1.37. The number of nitrogens with one attached hydrogen (secondary N) is 1. The second-order valence-electron chi connectivity index (χ2n) is 6.06. The lowest BCUT2D eigenvalue weighted by Crippen LogP contribution is -2.46. The molecule has 1 aromatic rings. The van der Waals surface area contributed by atoms with Gasteiger partial charge in [-0.1, -0.05) is 19.9 Å². The zero-order valence-electron chi connectivity index (χ0n) is 13.4. The van der Waals surface area contributed by atoms with Gasteiger partial charge in [-0.25, -0.2) is 0 Å². The molecule has 1 N–H and O–H groups in total. The SMILES string of the molecule is CCC1(CC)CC(NCc2ccc(C#N)cc2C)CCO1. The molecular weight excluding hydrogens is 260 g/mol. The Bertz CT molecular complexity index is 514. The first-order valence-electron chi connectivity index (χ1n) is 7.99. The highest BCUT2D eigenvalue weighted by Gasteiger charge is 2.34. The molecule has 1 heterocycles. The van der Waals surface area contributed by atoms with Crippen LogP contribution in [-0.2, 0) is 11.3 Å². The molecule has 21 heavy (non-hydrogen) atoms. The molecular formula is C18H26N2O. The van der Waals surface area contributed by atoms with E-state index in [1.165, 1.54) is 11.1 Å². The molecule has 1 unspecified atom stereocenters. The molecule has 2 rings (SSSR count). The third-order valence-corrected chi connectivity index (χ3v) is 4.83. The fourth-order valence-corrected chi connectivity index (χ4v) is 3.16. The molecule has 3 nitrogen and oxygen atoms in total. The molecule has 1 fully saturated rings. The minimum absolute atomic E-state index is 0.0651. The van der Waals surface area contributed by atoms with Gasteiger partial charge in [0.05, 0.1) is 17.2 Å². The molecule has 0 aliphatic carbocycles. The molecule has 1 aliphatic heterocycles. The summed E-state index contributed by atoms with van der Waals surface area (Å²) >= 11 is 0. The first-order valence-corrected chi connectivity index (χ1v) is 7.99. The number of hydrogen-bond acceptors (Lipinski definition) is 3. The van der Waals surface area contributed by atoms with Crippen LogP contribution in [0.15, 0.2) is 18.2 Å². The van der Waals surface area contributed by atoms with E-state index in [0.29, 0.717) is 6.04 Å². The van der Waals surface area contributed by atoms with Gasteiger partial charge in [-0.15, -0.1) is 0 Å². The van der Waals surface area contributed by atoms with Crippen LogP contribution >= 0.6 is 0 Å². The molecule has 1 aliphatic rings.